The minimum atomic E-state index is -0.956. The van der Waals surface area contributed by atoms with Gasteiger partial charge in [-0.25, -0.2) is 4.79 Å². The Bertz CT molecular complexity index is 1410. The Morgan fingerprint density at radius 3 is 2.16 bits per heavy atom. The summed E-state index contributed by atoms with van der Waals surface area (Å²) in [6.07, 6.45) is 10.2. The third-order valence-electron chi connectivity index (χ3n) is 6.95. The van der Waals surface area contributed by atoms with Crippen LogP contribution in [0.4, 0.5) is 0 Å². The third kappa shape index (κ3) is 5.63. The average molecular weight is 491 g/mol. The second-order valence-electron chi connectivity index (χ2n) is 9.37. The van der Waals surface area contributed by atoms with Crippen LogP contribution in [0.15, 0.2) is 97.3 Å². The normalized spacial score (nSPS) is 14.4. The second-order valence-corrected chi connectivity index (χ2v) is 9.37. The van der Waals surface area contributed by atoms with Gasteiger partial charge in [-0.15, -0.1) is 0 Å². The molecule has 0 radical (unpaired) electrons. The first-order valence-electron chi connectivity index (χ1n) is 12.7. The number of carboxylic acid groups (broad SMARTS) is 1. The van der Waals surface area contributed by atoms with Crippen molar-refractivity contribution in [1.29, 1.82) is 0 Å². The Labute approximate surface area is 217 Å². The highest BCUT2D eigenvalue weighted by Gasteiger charge is 2.27. The summed E-state index contributed by atoms with van der Waals surface area (Å²) in [5, 5.41) is 22.5. The highest BCUT2D eigenvalue weighted by molar-refractivity contribution is 6.00. The number of aromatic nitrogens is 2. The van der Waals surface area contributed by atoms with Gasteiger partial charge in [0.15, 0.2) is 0 Å². The lowest BCUT2D eigenvalue weighted by Crippen LogP contribution is -2.15. The average Bonchev–Trinajstić information content (AvgIpc) is 3.36. The van der Waals surface area contributed by atoms with Crippen LogP contribution in [0.25, 0.3) is 28.3 Å². The number of aliphatic hydroxyl groups excluding tert-OH is 1. The molecular formula is C32H30N2O3. The second kappa shape index (κ2) is 11.2. The van der Waals surface area contributed by atoms with E-state index >= 15 is 0 Å². The van der Waals surface area contributed by atoms with Gasteiger partial charge in [0, 0.05) is 17.8 Å². The van der Waals surface area contributed by atoms with Crippen LogP contribution in [-0.2, 0) is 11.3 Å². The Morgan fingerprint density at radius 2 is 1.57 bits per heavy atom. The summed E-state index contributed by atoms with van der Waals surface area (Å²) in [4.78, 5) is 10.9. The van der Waals surface area contributed by atoms with Crippen LogP contribution in [0.1, 0.15) is 41.5 Å². The van der Waals surface area contributed by atoms with Crippen LogP contribution in [-0.4, -0.2) is 32.6 Å². The van der Waals surface area contributed by atoms with Crippen molar-refractivity contribution in [1.82, 2.24) is 9.78 Å². The van der Waals surface area contributed by atoms with E-state index in [2.05, 4.69) is 71.8 Å². The number of aliphatic carboxylic acids is 1. The van der Waals surface area contributed by atoms with Crippen molar-refractivity contribution in [3.8, 4) is 11.1 Å². The van der Waals surface area contributed by atoms with Crippen molar-refractivity contribution >= 4 is 23.2 Å². The first-order chi connectivity index (χ1) is 18.1. The Hall–Kier alpha value is -4.22. The zero-order valence-corrected chi connectivity index (χ0v) is 20.6. The summed E-state index contributed by atoms with van der Waals surface area (Å²) >= 11 is 0. The smallest absolute Gasteiger partial charge is 0.328 e. The minimum absolute atomic E-state index is 0.0581. The van der Waals surface area contributed by atoms with Crippen molar-refractivity contribution in [2.75, 3.05) is 6.61 Å². The van der Waals surface area contributed by atoms with Gasteiger partial charge >= 0.3 is 5.97 Å². The van der Waals surface area contributed by atoms with Crippen LogP contribution in [0.2, 0.25) is 0 Å². The van der Waals surface area contributed by atoms with Crippen LogP contribution < -0.4 is 0 Å². The molecule has 0 aliphatic heterocycles. The number of rotatable bonds is 9. The van der Waals surface area contributed by atoms with Gasteiger partial charge in [0.05, 0.1) is 19.3 Å². The summed E-state index contributed by atoms with van der Waals surface area (Å²) in [5.74, 6) is -0.455. The SMILES string of the molecule is O=C(O)/C=C/c1ccc(/C(=C(\c2ccccc2)C2CCC2)c2ccc(-c3cnn(CCO)c3)cc2)cc1. The molecule has 2 N–H and O–H groups in total. The quantitative estimate of drug-likeness (QED) is 0.210. The first-order valence-corrected chi connectivity index (χ1v) is 12.7. The standard InChI is InChI=1S/C32H30N2O3/c35-20-19-34-22-29(21-33-34)24-14-16-28(17-15-24)32(27-12-9-23(10-13-27)11-18-30(36)37)31(26-7-4-8-26)25-5-2-1-3-6-25/h1-3,5-6,9-18,21-22,26,35H,4,7-8,19-20H2,(H,36,37)/b18-11+,32-31-. The van der Waals surface area contributed by atoms with E-state index in [4.69, 9.17) is 5.11 Å². The third-order valence-corrected chi connectivity index (χ3v) is 6.95. The minimum Gasteiger partial charge on any atom is -0.478 e. The molecule has 186 valence electrons. The first kappa shape index (κ1) is 24.5. The number of benzene rings is 3. The van der Waals surface area contributed by atoms with Gasteiger partial charge in [-0.3, -0.25) is 4.68 Å². The number of hydrogen-bond acceptors (Lipinski definition) is 3. The maximum atomic E-state index is 10.9. The highest BCUT2D eigenvalue weighted by Crippen LogP contribution is 2.45. The summed E-state index contributed by atoms with van der Waals surface area (Å²) in [5.41, 5.74) is 9.02. The molecule has 0 spiro atoms. The van der Waals surface area contributed by atoms with Gasteiger partial charge in [0.2, 0.25) is 0 Å². The van der Waals surface area contributed by atoms with Crippen LogP contribution >= 0.6 is 0 Å². The van der Waals surface area contributed by atoms with Crippen LogP contribution in [0.5, 0.6) is 0 Å². The lowest BCUT2D eigenvalue weighted by Gasteiger charge is -2.31. The Kier molecular flexibility index (Phi) is 7.43. The van der Waals surface area contributed by atoms with Crippen molar-refractivity contribution in [3.63, 3.8) is 0 Å². The molecule has 37 heavy (non-hydrogen) atoms. The number of nitrogens with zero attached hydrogens (tertiary/aromatic N) is 2. The monoisotopic (exact) mass is 490 g/mol. The lowest BCUT2D eigenvalue weighted by atomic mass is 9.73. The van der Waals surface area contributed by atoms with Crippen molar-refractivity contribution < 1.29 is 15.0 Å². The molecule has 0 saturated heterocycles. The van der Waals surface area contributed by atoms with Crippen LogP contribution in [0.3, 0.4) is 0 Å². The molecule has 1 aliphatic carbocycles. The molecule has 0 amide bonds. The lowest BCUT2D eigenvalue weighted by molar-refractivity contribution is -0.131. The van der Waals surface area contributed by atoms with Gasteiger partial charge in [0.1, 0.15) is 0 Å². The molecule has 5 nitrogen and oxygen atoms in total. The van der Waals surface area contributed by atoms with Gasteiger partial charge in [0.25, 0.3) is 0 Å². The fourth-order valence-corrected chi connectivity index (χ4v) is 4.87. The number of aliphatic hydroxyl groups is 1. The predicted molar refractivity (Wildman–Crippen MR) is 148 cm³/mol. The number of hydrogen-bond donors (Lipinski definition) is 2. The molecule has 5 rings (SSSR count). The summed E-state index contributed by atoms with van der Waals surface area (Å²) < 4.78 is 1.75. The maximum Gasteiger partial charge on any atom is 0.328 e. The number of carboxylic acids is 1. The molecule has 0 atom stereocenters. The molecule has 5 heteroatoms. The molecule has 1 saturated carbocycles. The van der Waals surface area contributed by atoms with E-state index in [0.717, 1.165) is 33.9 Å². The maximum absolute atomic E-state index is 10.9. The van der Waals surface area contributed by atoms with Crippen molar-refractivity contribution in [2.45, 2.75) is 25.8 Å². The zero-order chi connectivity index (χ0) is 25.6. The van der Waals surface area contributed by atoms with E-state index in [1.807, 2.05) is 24.5 Å². The van der Waals surface area contributed by atoms with Gasteiger partial charge in [-0.05, 0) is 63.8 Å². The largest absolute Gasteiger partial charge is 0.478 e. The zero-order valence-electron chi connectivity index (χ0n) is 20.6. The molecule has 4 aromatic rings. The van der Waals surface area contributed by atoms with Crippen molar-refractivity contribution in [2.24, 2.45) is 5.92 Å². The highest BCUT2D eigenvalue weighted by atomic mass is 16.4. The molecule has 1 aromatic heterocycles. The fraction of sp³-hybridized carbons (Fsp3) is 0.188. The molecule has 1 aliphatic rings. The molecule has 0 unspecified atom stereocenters. The van der Waals surface area contributed by atoms with Gasteiger partial charge in [-0.1, -0.05) is 85.3 Å². The fourth-order valence-electron chi connectivity index (χ4n) is 4.87. The van der Waals surface area contributed by atoms with E-state index < -0.39 is 5.97 Å². The molecule has 3 aromatic carbocycles. The summed E-state index contributed by atoms with van der Waals surface area (Å²) in [6, 6.07) is 27.4. The Balaban J connectivity index is 1.60. The summed E-state index contributed by atoms with van der Waals surface area (Å²) in [6.45, 7) is 0.535. The van der Waals surface area contributed by atoms with Gasteiger partial charge < -0.3 is 10.2 Å². The number of allylic oxidation sites excluding steroid dienone is 1. The van der Waals surface area contributed by atoms with E-state index in [9.17, 15) is 9.90 Å². The molecule has 1 fully saturated rings. The Morgan fingerprint density at radius 1 is 0.892 bits per heavy atom. The van der Waals surface area contributed by atoms with Crippen LogP contribution in [0, 0.1) is 5.92 Å². The summed E-state index contributed by atoms with van der Waals surface area (Å²) in [7, 11) is 0. The van der Waals surface area contributed by atoms with E-state index in [1.54, 1.807) is 10.8 Å². The molecule has 0 bridgehead atoms. The predicted octanol–water partition coefficient (Wildman–Crippen LogP) is 6.40. The molecule has 1 heterocycles. The number of carbonyl (C=O) groups is 1. The molecular weight excluding hydrogens is 460 g/mol. The van der Waals surface area contributed by atoms with E-state index in [-0.39, 0.29) is 6.61 Å². The van der Waals surface area contributed by atoms with E-state index in [1.165, 1.54) is 36.0 Å². The topological polar surface area (TPSA) is 75.3 Å². The van der Waals surface area contributed by atoms with Crippen molar-refractivity contribution in [3.05, 3.63) is 120 Å². The van der Waals surface area contributed by atoms with Gasteiger partial charge in [-0.2, -0.15) is 5.10 Å². The van der Waals surface area contributed by atoms with E-state index in [0.29, 0.717) is 12.5 Å².